The minimum atomic E-state index is -0.391. The summed E-state index contributed by atoms with van der Waals surface area (Å²) in [5, 5.41) is 15.1. The maximum absolute atomic E-state index is 11.0. The highest BCUT2D eigenvalue weighted by atomic mass is 32.2. The summed E-state index contributed by atoms with van der Waals surface area (Å²) in [5.74, 6) is 1.16. The molecule has 5 nitrogen and oxygen atoms in total. The smallest absolute Gasteiger partial charge is 0.295 e. The molecule has 0 saturated carbocycles. The van der Waals surface area contributed by atoms with Crippen molar-refractivity contribution in [3.8, 4) is 0 Å². The number of nitro groups is 1. The summed E-state index contributed by atoms with van der Waals surface area (Å²) in [6.07, 6.45) is 5.93. The number of aromatic nitrogens is 1. The van der Waals surface area contributed by atoms with Gasteiger partial charge in [0.2, 0.25) is 0 Å². The van der Waals surface area contributed by atoms with Gasteiger partial charge in [-0.25, -0.2) is 4.98 Å². The number of hydrogen-bond acceptors (Lipinski definition) is 5. The number of pyridine rings is 1. The van der Waals surface area contributed by atoms with E-state index in [2.05, 4.69) is 16.6 Å². The topological polar surface area (TPSA) is 68.1 Å². The highest BCUT2D eigenvalue weighted by Gasteiger charge is 2.14. The lowest BCUT2D eigenvalue weighted by molar-refractivity contribution is -0.383. The van der Waals surface area contributed by atoms with Crippen molar-refractivity contribution in [2.45, 2.75) is 12.8 Å². The third-order valence-electron chi connectivity index (χ3n) is 3.04. The Bertz CT molecular complexity index is 604. The predicted molar refractivity (Wildman–Crippen MR) is 84.5 cm³/mol. The number of anilines is 1. The van der Waals surface area contributed by atoms with E-state index in [4.69, 9.17) is 0 Å². The first kappa shape index (κ1) is 14.6. The second kappa shape index (κ2) is 7.09. The lowest BCUT2D eigenvalue weighted by atomic mass is 10.1. The van der Waals surface area contributed by atoms with Gasteiger partial charge in [0.1, 0.15) is 5.52 Å². The Hall–Kier alpha value is -1.82. The zero-order valence-electron chi connectivity index (χ0n) is 11.3. The average molecular weight is 291 g/mol. The van der Waals surface area contributed by atoms with Crippen LogP contribution in [-0.4, -0.2) is 28.5 Å². The predicted octanol–water partition coefficient (Wildman–Crippen LogP) is 3.70. The fraction of sp³-hybridized carbons (Fsp3) is 0.357. The van der Waals surface area contributed by atoms with Gasteiger partial charge in [0.15, 0.2) is 0 Å². The number of non-ortho nitro benzene ring substituents is 1. The van der Waals surface area contributed by atoms with E-state index in [9.17, 15) is 10.1 Å². The third-order valence-corrected chi connectivity index (χ3v) is 3.73. The number of fused-ring (bicyclic) bond motifs is 1. The molecular weight excluding hydrogens is 274 g/mol. The van der Waals surface area contributed by atoms with Crippen LogP contribution in [0.1, 0.15) is 12.8 Å². The number of nitrogens with zero attached hydrogens (tertiary/aromatic N) is 2. The van der Waals surface area contributed by atoms with Gasteiger partial charge in [0.05, 0.1) is 4.92 Å². The van der Waals surface area contributed by atoms with Gasteiger partial charge < -0.3 is 5.32 Å². The summed E-state index contributed by atoms with van der Waals surface area (Å²) in [6.45, 7) is 0.863. The molecule has 1 N–H and O–H groups in total. The van der Waals surface area contributed by atoms with Gasteiger partial charge in [-0.3, -0.25) is 10.1 Å². The van der Waals surface area contributed by atoms with E-state index in [-0.39, 0.29) is 5.69 Å². The van der Waals surface area contributed by atoms with Crippen LogP contribution in [0.3, 0.4) is 0 Å². The van der Waals surface area contributed by atoms with E-state index in [0.717, 1.165) is 36.2 Å². The Kier molecular flexibility index (Phi) is 5.17. The number of unbranched alkanes of at least 4 members (excludes halogenated alkanes) is 1. The van der Waals surface area contributed by atoms with Gasteiger partial charge in [-0.1, -0.05) is 0 Å². The Labute approximate surface area is 121 Å². The van der Waals surface area contributed by atoms with Crippen molar-refractivity contribution in [3.05, 3.63) is 40.6 Å². The molecule has 0 atom stereocenters. The van der Waals surface area contributed by atoms with Gasteiger partial charge in [-0.2, -0.15) is 11.8 Å². The molecule has 2 rings (SSSR count). The molecule has 0 fully saturated rings. The quantitative estimate of drug-likeness (QED) is 0.478. The van der Waals surface area contributed by atoms with Crippen molar-refractivity contribution in [2.75, 3.05) is 23.9 Å². The van der Waals surface area contributed by atoms with Crippen LogP contribution >= 0.6 is 11.8 Å². The maximum Gasteiger partial charge on any atom is 0.295 e. The molecule has 0 bridgehead atoms. The zero-order chi connectivity index (χ0) is 14.4. The third kappa shape index (κ3) is 3.39. The van der Waals surface area contributed by atoms with Crippen LogP contribution in [0.2, 0.25) is 0 Å². The van der Waals surface area contributed by atoms with E-state index in [1.807, 2.05) is 17.8 Å². The standard InChI is InChI=1S/C14H17N3O2S/c1-20-10-3-2-8-15-12-6-7-13(17(18)19)14-11(12)5-4-9-16-14/h4-7,9,15H,2-3,8,10H2,1H3. The number of nitro benzene ring substituents is 1. The second-order valence-corrected chi connectivity index (χ2v) is 5.40. The molecule has 0 spiro atoms. The van der Waals surface area contributed by atoms with Gasteiger partial charge >= 0.3 is 0 Å². The van der Waals surface area contributed by atoms with Crippen molar-refractivity contribution in [1.29, 1.82) is 0 Å². The minimum absolute atomic E-state index is 0.0496. The molecule has 0 aliphatic heterocycles. The van der Waals surface area contributed by atoms with Gasteiger partial charge in [0, 0.05) is 29.9 Å². The second-order valence-electron chi connectivity index (χ2n) is 4.42. The van der Waals surface area contributed by atoms with Gasteiger partial charge in [0.25, 0.3) is 5.69 Å². The van der Waals surface area contributed by atoms with Crippen molar-refractivity contribution >= 4 is 34.0 Å². The molecule has 1 heterocycles. The number of benzene rings is 1. The van der Waals surface area contributed by atoms with Crippen LogP contribution in [0.4, 0.5) is 11.4 Å². The van der Waals surface area contributed by atoms with E-state index < -0.39 is 4.92 Å². The maximum atomic E-state index is 11.0. The molecule has 2 aromatic rings. The normalized spacial score (nSPS) is 10.7. The van der Waals surface area contributed by atoms with Crippen molar-refractivity contribution < 1.29 is 4.92 Å². The largest absolute Gasteiger partial charge is 0.384 e. The summed E-state index contributed by atoms with van der Waals surface area (Å²) in [6, 6.07) is 6.93. The number of thioether (sulfide) groups is 1. The van der Waals surface area contributed by atoms with Gasteiger partial charge in [-0.05, 0) is 43.0 Å². The molecule has 0 radical (unpaired) electrons. The summed E-state index contributed by atoms with van der Waals surface area (Å²) < 4.78 is 0. The van der Waals surface area contributed by atoms with Crippen LogP contribution in [-0.2, 0) is 0 Å². The first-order valence-corrected chi connectivity index (χ1v) is 7.88. The van der Waals surface area contributed by atoms with Crippen LogP contribution in [0.15, 0.2) is 30.5 Å². The monoisotopic (exact) mass is 291 g/mol. The van der Waals surface area contributed by atoms with Crippen molar-refractivity contribution in [3.63, 3.8) is 0 Å². The SMILES string of the molecule is CSCCCCNc1ccc([N+](=O)[O-])c2ncccc12. The minimum Gasteiger partial charge on any atom is -0.384 e. The molecule has 106 valence electrons. The highest BCUT2D eigenvalue weighted by molar-refractivity contribution is 7.98. The molecule has 0 saturated heterocycles. The summed E-state index contributed by atoms with van der Waals surface area (Å²) in [5.41, 5.74) is 1.39. The number of hydrogen-bond donors (Lipinski definition) is 1. The van der Waals surface area contributed by atoms with Crippen LogP contribution < -0.4 is 5.32 Å². The van der Waals surface area contributed by atoms with Crippen molar-refractivity contribution in [1.82, 2.24) is 4.98 Å². The Morgan fingerprint density at radius 1 is 1.35 bits per heavy atom. The van der Waals surface area contributed by atoms with Crippen LogP contribution in [0.5, 0.6) is 0 Å². The summed E-state index contributed by atoms with van der Waals surface area (Å²) in [7, 11) is 0. The number of rotatable bonds is 7. The van der Waals surface area contributed by atoms with Crippen molar-refractivity contribution in [2.24, 2.45) is 0 Å². The Morgan fingerprint density at radius 3 is 2.95 bits per heavy atom. The number of nitrogens with one attached hydrogen (secondary N) is 1. The van der Waals surface area contributed by atoms with Gasteiger partial charge in [-0.15, -0.1) is 0 Å². The summed E-state index contributed by atoms with van der Waals surface area (Å²) >= 11 is 1.84. The lowest BCUT2D eigenvalue weighted by Crippen LogP contribution is -2.03. The molecule has 0 unspecified atom stereocenters. The highest BCUT2D eigenvalue weighted by Crippen LogP contribution is 2.29. The molecule has 1 aromatic carbocycles. The molecule has 0 aliphatic carbocycles. The molecule has 6 heteroatoms. The van der Waals surface area contributed by atoms with E-state index in [0.29, 0.717) is 5.52 Å². The van der Waals surface area contributed by atoms with E-state index in [1.165, 1.54) is 6.07 Å². The van der Waals surface area contributed by atoms with Crippen LogP contribution in [0, 0.1) is 10.1 Å². The molecular formula is C14H17N3O2S. The summed E-state index contributed by atoms with van der Waals surface area (Å²) in [4.78, 5) is 14.7. The van der Waals surface area contributed by atoms with Crippen LogP contribution in [0.25, 0.3) is 10.9 Å². The fourth-order valence-corrected chi connectivity index (χ4v) is 2.55. The Morgan fingerprint density at radius 2 is 2.20 bits per heavy atom. The Balaban J connectivity index is 2.18. The fourth-order valence-electron chi connectivity index (χ4n) is 2.05. The molecule has 0 aliphatic rings. The molecule has 20 heavy (non-hydrogen) atoms. The average Bonchev–Trinajstić information content (AvgIpc) is 2.46. The first-order chi connectivity index (χ1) is 9.74. The molecule has 1 aromatic heterocycles. The first-order valence-electron chi connectivity index (χ1n) is 6.49. The van der Waals surface area contributed by atoms with E-state index >= 15 is 0 Å². The zero-order valence-corrected chi connectivity index (χ0v) is 12.2. The van der Waals surface area contributed by atoms with E-state index in [1.54, 1.807) is 18.3 Å². The molecule has 0 amide bonds. The lowest BCUT2D eigenvalue weighted by Gasteiger charge is -2.09.